The molecular formula is C19H26N4O3. The van der Waals surface area contributed by atoms with Crippen LogP contribution in [0.2, 0.25) is 0 Å². The molecule has 0 spiro atoms. The number of carbonyl (C=O) groups excluding carboxylic acids is 3. The molecule has 1 aromatic carbocycles. The van der Waals surface area contributed by atoms with Crippen LogP contribution in [0.3, 0.4) is 0 Å². The molecular weight excluding hydrogens is 332 g/mol. The fraction of sp³-hybridized carbons (Fsp3) is 0.526. The normalized spacial score (nSPS) is 20.0. The molecule has 3 rings (SSSR count). The van der Waals surface area contributed by atoms with Crippen LogP contribution in [-0.2, 0) is 9.59 Å². The Hall–Kier alpha value is -2.57. The van der Waals surface area contributed by atoms with Crippen molar-refractivity contribution in [2.24, 2.45) is 5.92 Å². The number of carbonyl (C=O) groups is 3. The first kappa shape index (κ1) is 18.2. The lowest BCUT2D eigenvalue weighted by Crippen LogP contribution is -2.39. The third kappa shape index (κ3) is 3.98. The predicted molar refractivity (Wildman–Crippen MR) is 99.0 cm³/mol. The van der Waals surface area contributed by atoms with Gasteiger partial charge >= 0.3 is 6.03 Å². The molecule has 2 aliphatic rings. The molecule has 7 nitrogen and oxygen atoms in total. The molecule has 0 saturated carbocycles. The Kier molecular flexibility index (Phi) is 5.44. The zero-order valence-corrected chi connectivity index (χ0v) is 15.3. The molecule has 0 bridgehead atoms. The maximum Gasteiger partial charge on any atom is 0.317 e. The maximum atomic E-state index is 12.4. The number of hydrogen-bond acceptors (Lipinski definition) is 3. The summed E-state index contributed by atoms with van der Waals surface area (Å²) in [4.78, 5) is 39.5. The SMILES string of the molecule is CC(C)c1ccc(N2CC(C(=O)NCCN3CCNC3=O)CC2=O)cc1. The summed E-state index contributed by atoms with van der Waals surface area (Å²) in [6.45, 7) is 6.85. The summed E-state index contributed by atoms with van der Waals surface area (Å²) in [6.07, 6.45) is 0.224. The second kappa shape index (κ2) is 7.76. The second-order valence-corrected chi connectivity index (χ2v) is 7.16. The number of nitrogens with zero attached hydrogens (tertiary/aromatic N) is 2. The minimum absolute atomic E-state index is 0.0265. The summed E-state index contributed by atoms with van der Waals surface area (Å²) in [5.74, 6) is -0.0603. The predicted octanol–water partition coefficient (Wildman–Crippen LogP) is 1.30. The second-order valence-electron chi connectivity index (χ2n) is 7.16. The van der Waals surface area contributed by atoms with Gasteiger partial charge in [-0.25, -0.2) is 4.79 Å². The Morgan fingerprint density at radius 1 is 1.27 bits per heavy atom. The van der Waals surface area contributed by atoms with E-state index in [4.69, 9.17) is 0 Å². The van der Waals surface area contributed by atoms with Gasteiger partial charge in [-0.1, -0.05) is 26.0 Å². The standard InChI is InChI=1S/C19H26N4O3/c1-13(2)14-3-5-16(6-4-14)23-12-15(11-17(23)24)18(25)20-7-9-22-10-8-21-19(22)26/h3-6,13,15H,7-12H2,1-2H3,(H,20,25)(H,21,26). The Bertz CT molecular complexity index is 687. The van der Waals surface area contributed by atoms with Gasteiger partial charge in [0.05, 0.1) is 5.92 Å². The van der Waals surface area contributed by atoms with E-state index in [2.05, 4.69) is 24.5 Å². The Balaban J connectivity index is 1.51. The van der Waals surface area contributed by atoms with Gasteiger partial charge in [0.15, 0.2) is 0 Å². The highest BCUT2D eigenvalue weighted by Gasteiger charge is 2.35. The van der Waals surface area contributed by atoms with E-state index in [1.807, 2.05) is 24.3 Å². The van der Waals surface area contributed by atoms with E-state index >= 15 is 0 Å². The zero-order chi connectivity index (χ0) is 18.7. The highest BCUT2D eigenvalue weighted by molar-refractivity contribution is 6.00. The molecule has 4 amide bonds. The zero-order valence-electron chi connectivity index (χ0n) is 15.3. The summed E-state index contributed by atoms with van der Waals surface area (Å²) in [6, 6.07) is 7.86. The molecule has 2 N–H and O–H groups in total. The lowest BCUT2D eigenvalue weighted by Gasteiger charge is -2.18. The molecule has 2 aliphatic heterocycles. The third-order valence-corrected chi connectivity index (χ3v) is 4.99. The van der Waals surface area contributed by atoms with Crippen LogP contribution in [0.5, 0.6) is 0 Å². The molecule has 0 radical (unpaired) electrons. The number of amides is 4. The van der Waals surface area contributed by atoms with E-state index in [9.17, 15) is 14.4 Å². The van der Waals surface area contributed by atoms with Crippen LogP contribution in [0.15, 0.2) is 24.3 Å². The topological polar surface area (TPSA) is 81.8 Å². The molecule has 0 aromatic heterocycles. The van der Waals surface area contributed by atoms with E-state index < -0.39 is 0 Å². The van der Waals surface area contributed by atoms with Crippen molar-refractivity contribution >= 4 is 23.5 Å². The fourth-order valence-electron chi connectivity index (χ4n) is 3.35. The minimum Gasteiger partial charge on any atom is -0.354 e. The molecule has 2 saturated heterocycles. The number of benzene rings is 1. The average Bonchev–Trinajstić information content (AvgIpc) is 3.21. The molecule has 26 heavy (non-hydrogen) atoms. The van der Waals surface area contributed by atoms with Crippen LogP contribution in [-0.4, -0.2) is 55.5 Å². The van der Waals surface area contributed by atoms with Crippen LogP contribution >= 0.6 is 0 Å². The van der Waals surface area contributed by atoms with Crippen LogP contribution in [0.25, 0.3) is 0 Å². The smallest absolute Gasteiger partial charge is 0.317 e. The Morgan fingerprint density at radius 2 is 2.00 bits per heavy atom. The van der Waals surface area contributed by atoms with Gasteiger partial charge in [-0.15, -0.1) is 0 Å². The lowest BCUT2D eigenvalue weighted by molar-refractivity contribution is -0.126. The van der Waals surface area contributed by atoms with E-state index in [1.54, 1.807) is 9.80 Å². The van der Waals surface area contributed by atoms with Gasteiger partial charge in [0.2, 0.25) is 11.8 Å². The molecule has 0 aliphatic carbocycles. The molecule has 7 heteroatoms. The van der Waals surface area contributed by atoms with E-state index in [1.165, 1.54) is 5.56 Å². The summed E-state index contributed by atoms with van der Waals surface area (Å²) < 4.78 is 0. The highest BCUT2D eigenvalue weighted by Crippen LogP contribution is 2.26. The number of hydrogen-bond donors (Lipinski definition) is 2. The number of rotatable bonds is 6. The third-order valence-electron chi connectivity index (χ3n) is 4.99. The summed E-state index contributed by atoms with van der Waals surface area (Å²) in [5.41, 5.74) is 2.06. The van der Waals surface area contributed by atoms with Crippen LogP contribution in [0.4, 0.5) is 10.5 Å². The molecule has 1 atom stereocenters. The van der Waals surface area contributed by atoms with Gasteiger partial charge in [0.25, 0.3) is 0 Å². The number of urea groups is 1. The van der Waals surface area contributed by atoms with Crippen molar-refractivity contribution in [2.45, 2.75) is 26.2 Å². The van der Waals surface area contributed by atoms with E-state index in [-0.39, 0.29) is 30.2 Å². The summed E-state index contributed by atoms with van der Waals surface area (Å²) >= 11 is 0. The highest BCUT2D eigenvalue weighted by atomic mass is 16.2. The van der Waals surface area contributed by atoms with Gasteiger partial charge < -0.3 is 20.4 Å². The van der Waals surface area contributed by atoms with Crippen molar-refractivity contribution < 1.29 is 14.4 Å². The fourth-order valence-corrected chi connectivity index (χ4v) is 3.35. The van der Waals surface area contributed by atoms with Crippen molar-refractivity contribution in [1.82, 2.24) is 15.5 Å². The van der Waals surface area contributed by atoms with Gasteiger partial charge in [0.1, 0.15) is 0 Å². The maximum absolute atomic E-state index is 12.4. The quantitative estimate of drug-likeness (QED) is 0.804. The average molecular weight is 358 g/mol. The molecule has 140 valence electrons. The van der Waals surface area contributed by atoms with Gasteiger partial charge in [-0.3, -0.25) is 9.59 Å². The molecule has 2 fully saturated rings. The Morgan fingerprint density at radius 3 is 2.62 bits per heavy atom. The first-order chi connectivity index (χ1) is 12.5. The van der Waals surface area contributed by atoms with Crippen molar-refractivity contribution in [1.29, 1.82) is 0 Å². The van der Waals surface area contributed by atoms with Crippen molar-refractivity contribution in [3.63, 3.8) is 0 Å². The summed E-state index contributed by atoms with van der Waals surface area (Å²) in [7, 11) is 0. The monoisotopic (exact) mass is 358 g/mol. The minimum atomic E-state index is -0.348. The van der Waals surface area contributed by atoms with E-state index in [0.29, 0.717) is 38.6 Å². The first-order valence-corrected chi connectivity index (χ1v) is 9.16. The van der Waals surface area contributed by atoms with Crippen LogP contribution in [0, 0.1) is 5.92 Å². The molecule has 2 heterocycles. The van der Waals surface area contributed by atoms with E-state index in [0.717, 1.165) is 5.69 Å². The van der Waals surface area contributed by atoms with Crippen LogP contribution < -0.4 is 15.5 Å². The Labute approximate surface area is 153 Å². The van der Waals surface area contributed by atoms with Gasteiger partial charge in [-0.2, -0.15) is 0 Å². The van der Waals surface area contributed by atoms with Crippen molar-refractivity contribution in [3.8, 4) is 0 Å². The number of nitrogens with one attached hydrogen (secondary N) is 2. The first-order valence-electron chi connectivity index (χ1n) is 9.16. The number of anilines is 1. The van der Waals surface area contributed by atoms with Crippen molar-refractivity contribution in [3.05, 3.63) is 29.8 Å². The van der Waals surface area contributed by atoms with Gasteiger partial charge in [0, 0.05) is 44.8 Å². The van der Waals surface area contributed by atoms with Crippen LogP contribution in [0.1, 0.15) is 31.7 Å². The van der Waals surface area contributed by atoms with Gasteiger partial charge in [-0.05, 0) is 23.6 Å². The largest absolute Gasteiger partial charge is 0.354 e. The lowest BCUT2D eigenvalue weighted by atomic mass is 10.0. The molecule has 1 unspecified atom stereocenters. The van der Waals surface area contributed by atoms with Crippen molar-refractivity contribution in [2.75, 3.05) is 37.6 Å². The molecule has 1 aromatic rings. The summed E-state index contributed by atoms with van der Waals surface area (Å²) in [5, 5.41) is 5.58.